The van der Waals surface area contributed by atoms with E-state index >= 15 is 0 Å². The molecular formula is C28H33ClN4OSi. The third kappa shape index (κ3) is 7.05. The maximum Gasteiger partial charge on any atom is 0.278 e. The summed E-state index contributed by atoms with van der Waals surface area (Å²) < 4.78 is 8.91. The maximum atomic E-state index is 8.85. The van der Waals surface area contributed by atoms with Crippen LogP contribution in [0.4, 0.5) is 0 Å². The van der Waals surface area contributed by atoms with Gasteiger partial charge < -0.3 is 4.43 Å². The molecular weight excluding hydrogens is 472 g/mol. The first-order chi connectivity index (χ1) is 16.9. The standard InChI is InChI=1S/C28H33ClN4OSi/c1-22(2)35(23(3)4,18-11-6-5-10-17-30)34-28(25-14-8-7-9-15-25)27-21-33(32-31-27)20-24-13-12-16-26(29)19-24/h7-9,12-16,19,21-23,28H,5-6,10,20H2,1-4H3/t28-/m1/s1. The Bertz CT molecular complexity index is 1180. The molecule has 0 aliphatic heterocycles. The molecule has 1 atom stereocenters. The summed E-state index contributed by atoms with van der Waals surface area (Å²) in [6, 6.07) is 20.1. The fourth-order valence-electron chi connectivity index (χ4n) is 4.17. The molecule has 0 aliphatic carbocycles. The molecule has 0 saturated carbocycles. The van der Waals surface area contributed by atoms with E-state index in [-0.39, 0.29) is 17.2 Å². The highest BCUT2D eigenvalue weighted by molar-refractivity contribution is 6.84. The van der Waals surface area contributed by atoms with Crippen molar-refractivity contribution in [2.45, 2.75) is 70.7 Å². The minimum Gasteiger partial charge on any atom is -0.392 e. The summed E-state index contributed by atoms with van der Waals surface area (Å²) in [7, 11) is -2.55. The van der Waals surface area contributed by atoms with Crippen LogP contribution in [0.5, 0.6) is 0 Å². The zero-order chi connectivity index (χ0) is 25.3. The van der Waals surface area contributed by atoms with E-state index in [1.54, 1.807) is 0 Å². The van der Waals surface area contributed by atoms with Gasteiger partial charge in [-0.05, 0) is 40.8 Å². The van der Waals surface area contributed by atoms with Gasteiger partial charge in [-0.15, -0.1) is 11.0 Å². The van der Waals surface area contributed by atoms with Gasteiger partial charge in [-0.3, -0.25) is 0 Å². The van der Waals surface area contributed by atoms with Crippen molar-refractivity contribution in [3.8, 4) is 17.5 Å². The van der Waals surface area contributed by atoms with E-state index in [4.69, 9.17) is 21.3 Å². The van der Waals surface area contributed by atoms with Crippen LogP contribution >= 0.6 is 11.6 Å². The third-order valence-corrected chi connectivity index (χ3v) is 10.9. The summed E-state index contributed by atoms with van der Waals surface area (Å²) in [6.07, 6.45) is 3.60. The van der Waals surface area contributed by atoms with Crippen LogP contribution in [0.1, 0.15) is 69.9 Å². The summed E-state index contributed by atoms with van der Waals surface area (Å²) in [5, 5.41) is 18.5. The average Bonchev–Trinajstić information content (AvgIpc) is 3.29. The minimum atomic E-state index is -2.55. The van der Waals surface area contributed by atoms with E-state index in [1.807, 2.05) is 53.3 Å². The minimum absolute atomic E-state index is 0.277. The van der Waals surface area contributed by atoms with E-state index < -0.39 is 8.32 Å². The molecule has 0 aliphatic rings. The molecule has 2 aromatic carbocycles. The molecule has 7 heteroatoms. The number of nitriles is 1. The van der Waals surface area contributed by atoms with Crippen LogP contribution in [0.25, 0.3) is 0 Å². The van der Waals surface area contributed by atoms with Crippen LogP contribution in [0.15, 0.2) is 60.8 Å². The van der Waals surface area contributed by atoms with Gasteiger partial charge in [-0.1, -0.05) is 92.5 Å². The number of aromatic nitrogens is 3. The molecule has 3 aromatic rings. The zero-order valence-electron chi connectivity index (χ0n) is 20.9. The molecule has 0 saturated heterocycles. The van der Waals surface area contributed by atoms with Gasteiger partial charge in [0.05, 0.1) is 18.8 Å². The van der Waals surface area contributed by atoms with Crippen molar-refractivity contribution in [2.24, 2.45) is 0 Å². The van der Waals surface area contributed by atoms with E-state index in [0.29, 0.717) is 24.4 Å². The van der Waals surface area contributed by atoms with Crippen LogP contribution in [0.2, 0.25) is 16.1 Å². The van der Waals surface area contributed by atoms with E-state index in [9.17, 15) is 0 Å². The first kappa shape index (κ1) is 26.7. The average molecular weight is 505 g/mol. The molecule has 0 amide bonds. The normalized spacial score (nSPS) is 12.3. The molecule has 0 unspecified atom stereocenters. The monoisotopic (exact) mass is 504 g/mol. The lowest BCUT2D eigenvalue weighted by atomic mass is 10.1. The number of halogens is 1. The molecule has 5 nitrogen and oxygen atoms in total. The topological polar surface area (TPSA) is 63.7 Å². The van der Waals surface area contributed by atoms with Gasteiger partial charge in [0, 0.05) is 17.9 Å². The Morgan fingerprint density at radius 2 is 1.77 bits per heavy atom. The predicted molar refractivity (Wildman–Crippen MR) is 143 cm³/mol. The van der Waals surface area contributed by atoms with Gasteiger partial charge in [0.25, 0.3) is 8.32 Å². The summed E-state index contributed by atoms with van der Waals surface area (Å²) in [6.45, 7) is 9.38. The number of benzene rings is 2. The fraction of sp³-hybridized carbons (Fsp3) is 0.393. The fourth-order valence-corrected chi connectivity index (χ4v) is 7.94. The number of nitrogens with zero attached hydrogens (tertiary/aromatic N) is 4. The molecule has 35 heavy (non-hydrogen) atoms. The molecule has 0 bridgehead atoms. The van der Waals surface area contributed by atoms with Crippen molar-refractivity contribution in [3.05, 3.63) is 82.6 Å². The highest BCUT2D eigenvalue weighted by atomic mass is 35.5. The van der Waals surface area contributed by atoms with Crippen molar-refractivity contribution < 1.29 is 4.43 Å². The Morgan fingerprint density at radius 3 is 2.43 bits per heavy atom. The first-order valence-corrected chi connectivity index (χ1v) is 14.5. The SMILES string of the molecule is CC(C)[Si](C#CCCCC#N)(O[C@H](c1ccccc1)c1cn(Cc2cccc(Cl)c2)nn1)C(C)C. The Balaban J connectivity index is 1.96. The molecule has 0 spiro atoms. The van der Waals surface area contributed by atoms with E-state index in [1.165, 1.54) is 0 Å². The smallest absolute Gasteiger partial charge is 0.278 e. The Labute approximate surface area is 215 Å². The first-order valence-electron chi connectivity index (χ1n) is 12.1. The van der Waals surface area contributed by atoms with Gasteiger partial charge in [-0.25, -0.2) is 4.68 Å². The van der Waals surface area contributed by atoms with Crippen LogP contribution in [-0.2, 0) is 11.0 Å². The summed E-state index contributed by atoms with van der Waals surface area (Å²) in [5.41, 5.74) is 7.01. The van der Waals surface area contributed by atoms with Crippen LogP contribution in [0.3, 0.4) is 0 Å². The highest BCUT2D eigenvalue weighted by Gasteiger charge is 2.44. The van der Waals surface area contributed by atoms with E-state index in [2.05, 4.69) is 67.7 Å². The van der Waals surface area contributed by atoms with E-state index in [0.717, 1.165) is 23.2 Å². The molecule has 3 rings (SSSR count). The molecule has 1 aromatic heterocycles. The number of hydrogen-bond donors (Lipinski definition) is 0. The predicted octanol–water partition coefficient (Wildman–Crippen LogP) is 7.09. The van der Waals surface area contributed by atoms with Crippen molar-refractivity contribution in [1.82, 2.24) is 15.0 Å². The summed E-state index contributed by atoms with van der Waals surface area (Å²) in [4.78, 5) is 0. The Morgan fingerprint density at radius 1 is 1.03 bits per heavy atom. The van der Waals surface area contributed by atoms with Gasteiger partial charge in [-0.2, -0.15) is 5.26 Å². The van der Waals surface area contributed by atoms with Crippen LogP contribution in [-0.4, -0.2) is 23.3 Å². The van der Waals surface area contributed by atoms with Crippen molar-refractivity contribution in [3.63, 3.8) is 0 Å². The van der Waals surface area contributed by atoms with Crippen molar-refractivity contribution >= 4 is 19.9 Å². The summed E-state index contributed by atoms with van der Waals surface area (Å²) in [5.74, 6) is 3.36. The second-order valence-corrected chi connectivity index (χ2v) is 14.1. The van der Waals surface area contributed by atoms with Crippen molar-refractivity contribution in [2.75, 3.05) is 0 Å². The Hall–Kier alpha value is -2.90. The van der Waals surface area contributed by atoms with Gasteiger partial charge >= 0.3 is 0 Å². The molecule has 1 heterocycles. The molecule has 0 fully saturated rings. The van der Waals surface area contributed by atoms with Crippen molar-refractivity contribution in [1.29, 1.82) is 5.26 Å². The lowest BCUT2D eigenvalue weighted by Crippen LogP contribution is -2.45. The largest absolute Gasteiger partial charge is 0.392 e. The quantitative estimate of drug-likeness (QED) is 0.168. The lowest BCUT2D eigenvalue weighted by Gasteiger charge is -2.37. The Kier molecular flexibility index (Phi) is 9.69. The van der Waals surface area contributed by atoms with Gasteiger partial charge in [0.15, 0.2) is 0 Å². The number of hydrogen-bond acceptors (Lipinski definition) is 4. The second-order valence-electron chi connectivity index (χ2n) is 9.30. The van der Waals surface area contributed by atoms with Gasteiger partial charge in [0.1, 0.15) is 11.8 Å². The molecule has 182 valence electrons. The third-order valence-electron chi connectivity index (χ3n) is 6.06. The number of rotatable bonds is 10. The maximum absolute atomic E-state index is 8.85. The lowest BCUT2D eigenvalue weighted by molar-refractivity contribution is 0.223. The summed E-state index contributed by atoms with van der Waals surface area (Å²) >= 11 is 6.16. The highest BCUT2D eigenvalue weighted by Crippen LogP contribution is 2.39. The van der Waals surface area contributed by atoms with Crippen LogP contribution < -0.4 is 0 Å². The molecule has 0 radical (unpaired) electrons. The molecule has 0 N–H and O–H groups in total. The second kappa shape index (κ2) is 12.7. The van der Waals surface area contributed by atoms with Crippen LogP contribution in [0, 0.1) is 22.8 Å². The van der Waals surface area contributed by atoms with Gasteiger partial charge in [0.2, 0.25) is 0 Å². The number of unbranched alkanes of at least 4 members (excludes halogenated alkanes) is 2. The zero-order valence-corrected chi connectivity index (χ0v) is 22.7.